The number of nitrogens with one attached hydrogen (secondary N) is 2. The summed E-state index contributed by atoms with van der Waals surface area (Å²) in [4.78, 5) is 29.6. The molecule has 3 aromatic rings. The van der Waals surface area contributed by atoms with Crippen LogP contribution >= 0.6 is 11.6 Å². The number of nitrogens with zero attached hydrogens (tertiary/aromatic N) is 3. The molecule has 2 heterocycles. The van der Waals surface area contributed by atoms with Crippen molar-refractivity contribution in [1.82, 2.24) is 20.4 Å². The normalized spacial score (nSPS) is 12.5. The van der Waals surface area contributed by atoms with E-state index in [-0.39, 0.29) is 45.7 Å². The number of amides is 1. The van der Waals surface area contributed by atoms with Crippen molar-refractivity contribution in [1.29, 1.82) is 0 Å². The van der Waals surface area contributed by atoms with Crippen molar-refractivity contribution in [3.63, 3.8) is 0 Å². The van der Waals surface area contributed by atoms with Gasteiger partial charge in [-0.1, -0.05) is 11.6 Å². The number of hydrogen-bond acceptors (Lipinski definition) is 7. The molecule has 30 heavy (non-hydrogen) atoms. The number of aryl methyl sites for hydroxylation is 1. The Bertz CT molecular complexity index is 1160. The van der Waals surface area contributed by atoms with Gasteiger partial charge in [-0.3, -0.25) is 19.6 Å². The maximum absolute atomic E-state index is 14.6. The summed E-state index contributed by atoms with van der Waals surface area (Å²) < 4.78 is 42.5. The van der Waals surface area contributed by atoms with Crippen molar-refractivity contribution >= 4 is 28.9 Å². The van der Waals surface area contributed by atoms with E-state index in [4.69, 9.17) is 25.3 Å². The zero-order valence-corrected chi connectivity index (χ0v) is 16.7. The number of rotatable bonds is 7. The Morgan fingerprint density at radius 2 is 2.03 bits per heavy atom. The van der Waals surface area contributed by atoms with E-state index in [2.05, 4.69) is 25.7 Å². The van der Waals surface area contributed by atoms with Crippen molar-refractivity contribution in [2.75, 3.05) is 19.0 Å². The standard InChI is InChI=1S/C20H19ClFN5O3/c1-4-30-27-20(28)14-9-25-18(21)7-15(14)26-16-6-12(22)5-13(19(16)29-3)17-10-23-11(2)8-24-17/h5-10H,4H2,1-3H3,(H,25,26)(H,27,28)/i3D3. The molecule has 0 atom stereocenters. The van der Waals surface area contributed by atoms with Crippen LogP contribution in [0.4, 0.5) is 15.8 Å². The zero-order chi connectivity index (χ0) is 24.2. The number of methoxy groups -OCH3 is 1. The second-order valence-electron chi connectivity index (χ2n) is 6.02. The predicted molar refractivity (Wildman–Crippen MR) is 110 cm³/mol. The van der Waals surface area contributed by atoms with E-state index in [0.717, 1.165) is 12.1 Å². The van der Waals surface area contributed by atoms with Crippen LogP contribution in [0.1, 0.15) is 27.1 Å². The first-order chi connectivity index (χ1) is 15.6. The first-order valence-corrected chi connectivity index (χ1v) is 9.11. The molecule has 10 heteroatoms. The molecule has 2 N–H and O–H groups in total. The number of carbonyl (C=O) groups excluding carboxylic acids is 1. The molecule has 156 valence electrons. The molecule has 0 bridgehead atoms. The number of ether oxygens (including phenoxy) is 1. The largest absolute Gasteiger partial charge is 0.494 e. The third kappa shape index (κ3) is 4.81. The lowest BCUT2D eigenvalue weighted by molar-refractivity contribution is 0.0365. The molecule has 8 nitrogen and oxygen atoms in total. The molecule has 1 aromatic carbocycles. The molecule has 0 saturated heterocycles. The van der Waals surface area contributed by atoms with Gasteiger partial charge >= 0.3 is 0 Å². The molecule has 0 aliphatic rings. The van der Waals surface area contributed by atoms with Crippen molar-refractivity contribution < 1.29 is 22.9 Å². The highest BCUT2D eigenvalue weighted by molar-refractivity contribution is 6.29. The fourth-order valence-corrected chi connectivity index (χ4v) is 2.73. The molecule has 1 amide bonds. The second-order valence-corrected chi connectivity index (χ2v) is 6.40. The molecule has 0 spiro atoms. The number of hydrogen-bond donors (Lipinski definition) is 2. The van der Waals surface area contributed by atoms with Crippen molar-refractivity contribution in [2.45, 2.75) is 13.8 Å². The van der Waals surface area contributed by atoms with E-state index in [1.54, 1.807) is 13.8 Å². The molecule has 0 saturated carbocycles. The highest BCUT2D eigenvalue weighted by atomic mass is 35.5. The monoisotopic (exact) mass is 434 g/mol. The molecule has 0 radical (unpaired) electrons. The molecule has 0 aliphatic carbocycles. The van der Waals surface area contributed by atoms with Gasteiger partial charge in [-0.25, -0.2) is 14.9 Å². The summed E-state index contributed by atoms with van der Waals surface area (Å²) in [6.45, 7) is 3.62. The third-order valence-electron chi connectivity index (χ3n) is 3.91. The highest BCUT2D eigenvalue weighted by Gasteiger charge is 2.19. The zero-order valence-electron chi connectivity index (χ0n) is 19.0. The van der Waals surface area contributed by atoms with E-state index in [0.29, 0.717) is 5.69 Å². The summed E-state index contributed by atoms with van der Waals surface area (Å²) >= 11 is 5.98. The Morgan fingerprint density at radius 3 is 2.73 bits per heavy atom. The summed E-state index contributed by atoms with van der Waals surface area (Å²) in [6, 6.07) is 3.41. The third-order valence-corrected chi connectivity index (χ3v) is 4.11. The predicted octanol–water partition coefficient (Wildman–Crippen LogP) is 4.07. The smallest absolute Gasteiger partial charge is 0.278 e. The Morgan fingerprint density at radius 1 is 1.20 bits per heavy atom. The van der Waals surface area contributed by atoms with Crippen molar-refractivity contribution in [2.24, 2.45) is 0 Å². The minimum atomic E-state index is -2.87. The molecule has 0 aliphatic heterocycles. The molecule has 0 fully saturated rings. The van der Waals surface area contributed by atoms with Crippen LogP contribution in [0.25, 0.3) is 11.3 Å². The minimum Gasteiger partial charge on any atom is -0.494 e. The topological polar surface area (TPSA) is 98.3 Å². The van der Waals surface area contributed by atoms with Gasteiger partial charge in [0.15, 0.2) is 5.75 Å². The van der Waals surface area contributed by atoms with Crippen LogP contribution in [0.3, 0.4) is 0 Å². The Labute approximate surface area is 181 Å². The maximum Gasteiger partial charge on any atom is 0.278 e. The van der Waals surface area contributed by atoms with E-state index in [1.165, 1.54) is 24.7 Å². The lowest BCUT2D eigenvalue weighted by Crippen LogP contribution is -2.24. The fourth-order valence-electron chi connectivity index (χ4n) is 2.57. The van der Waals surface area contributed by atoms with Crippen LogP contribution in [0.15, 0.2) is 36.8 Å². The molecule has 2 aromatic heterocycles. The van der Waals surface area contributed by atoms with Gasteiger partial charge < -0.3 is 10.1 Å². The summed E-state index contributed by atoms with van der Waals surface area (Å²) in [5, 5.41) is 2.85. The number of halogens is 2. The van der Waals surface area contributed by atoms with Gasteiger partial charge in [0.05, 0.1) is 52.3 Å². The number of aromatic nitrogens is 3. The number of pyridine rings is 1. The SMILES string of the molecule is [2H]C([2H])([2H])Oc1c(Nc2cc(Cl)ncc2C(=O)NOCC)cc(F)cc1-c1cnc(C)cn1. The molecular formula is C20H19ClFN5O3. The molecule has 0 unspecified atom stereocenters. The van der Waals surface area contributed by atoms with Gasteiger partial charge in [0.25, 0.3) is 5.91 Å². The number of hydroxylamine groups is 1. The van der Waals surface area contributed by atoms with E-state index < -0.39 is 18.8 Å². The quantitative estimate of drug-likeness (QED) is 0.427. The van der Waals surface area contributed by atoms with Gasteiger partial charge in [-0.15, -0.1) is 0 Å². The van der Waals surface area contributed by atoms with Crippen LogP contribution in [-0.2, 0) is 4.84 Å². The number of anilines is 2. The number of benzene rings is 1. The summed E-state index contributed by atoms with van der Waals surface area (Å²) in [5.41, 5.74) is 3.09. The average Bonchev–Trinajstić information content (AvgIpc) is 2.73. The fraction of sp³-hybridized carbons (Fsp3) is 0.200. The molecule has 3 rings (SSSR count). The van der Waals surface area contributed by atoms with Crippen LogP contribution in [-0.4, -0.2) is 34.5 Å². The minimum absolute atomic E-state index is 0.00798. The Balaban J connectivity index is 2.14. The van der Waals surface area contributed by atoms with Crippen LogP contribution < -0.4 is 15.5 Å². The molecular weight excluding hydrogens is 413 g/mol. The second kappa shape index (κ2) is 9.47. The Hall–Kier alpha value is -3.30. The van der Waals surface area contributed by atoms with Gasteiger partial charge in [-0.2, -0.15) is 0 Å². The van der Waals surface area contributed by atoms with Crippen molar-refractivity contribution in [3.05, 3.63) is 59.0 Å². The lowest BCUT2D eigenvalue weighted by atomic mass is 10.1. The Kier molecular flexibility index (Phi) is 5.54. The van der Waals surface area contributed by atoms with Crippen molar-refractivity contribution in [3.8, 4) is 17.0 Å². The average molecular weight is 435 g/mol. The lowest BCUT2D eigenvalue weighted by Gasteiger charge is -2.17. The number of carbonyl (C=O) groups is 1. The van der Waals surface area contributed by atoms with Crippen LogP contribution in [0.2, 0.25) is 5.15 Å². The van der Waals surface area contributed by atoms with Gasteiger partial charge in [0.1, 0.15) is 11.0 Å². The van der Waals surface area contributed by atoms with Gasteiger partial charge in [0, 0.05) is 24.0 Å². The van der Waals surface area contributed by atoms with Crippen LogP contribution in [0, 0.1) is 12.7 Å². The highest BCUT2D eigenvalue weighted by Crippen LogP contribution is 2.38. The first-order valence-electron chi connectivity index (χ1n) is 10.2. The van der Waals surface area contributed by atoms with E-state index in [9.17, 15) is 9.18 Å². The van der Waals surface area contributed by atoms with Gasteiger partial charge in [-0.05, 0) is 26.0 Å². The summed E-state index contributed by atoms with van der Waals surface area (Å²) in [7, 11) is -2.87. The van der Waals surface area contributed by atoms with Gasteiger partial charge in [0.2, 0.25) is 0 Å². The summed E-state index contributed by atoms with van der Waals surface area (Å²) in [5.74, 6) is -1.59. The van der Waals surface area contributed by atoms with E-state index in [1.807, 2.05) is 0 Å². The van der Waals surface area contributed by atoms with Crippen LogP contribution in [0.5, 0.6) is 5.75 Å². The first kappa shape index (κ1) is 17.5. The maximum atomic E-state index is 14.6. The summed E-state index contributed by atoms with van der Waals surface area (Å²) in [6.07, 6.45) is 4.00. The van der Waals surface area contributed by atoms with E-state index >= 15 is 0 Å².